The van der Waals surface area contributed by atoms with Crippen LogP contribution in [-0.4, -0.2) is 0 Å². The second kappa shape index (κ2) is 3.41. The van der Waals surface area contributed by atoms with Gasteiger partial charge in [0.2, 0.25) is 0 Å². The Kier molecular flexibility index (Phi) is 3.01. The maximum absolute atomic E-state index is 7.61. The smallest absolute Gasteiger partial charge is 0.290 e. The summed E-state index contributed by atoms with van der Waals surface area (Å²) in [5.74, 6) is 1.69. The van der Waals surface area contributed by atoms with Crippen LogP contribution in [0.5, 0.6) is 0 Å². The number of nitriles is 1. The van der Waals surface area contributed by atoms with E-state index in [0.29, 0.717) is 0 Å². The minimum Gasteiger partial charge on any atom is -0.290 e. The highest BCUT2D eigenvalue weighted by atomic mass is 31.1. The Morgan fingerprint density at radius 2 is 2.60 bits per heavy atom. The summed E-state index contributed by atoms with van der Waals surface area (Å²) in [5, 5.41) is 7.61. The molecule has 3 heteroatoms. The van der Waals surface area contributed by atoms with Crippen molar-refractivity contribution in [2.24, 2.45) is 0 Å². The molecule has 0 bridgehead atoms. The molecule has 2 nitrogen and oxygen atoms in total. The molecule has 0 fully saturated rings. The van der Waals surface area contributed by atoms with Crippen LogP contribution in [0.3, 0.4) is 0 Å². The third-order valence-corrected chi connectivity index (χ3v) is 0.318. The normalized spacial score (nSPS) is 6.80. The van der Waals surface area contributed by atoms with Crippen LogP contribution in [0.15, 0.2) is 0 Å². The molecule has 5 heavy (non-hydrogen) atoms. The first-order valence-electron chi connectivity index (χ1n) is 0.921. The standard InChI is InChI=1S/C2HN2P/c1-4-5-2-3/h5H. The minimum atomic E-state index is -0.205. The van der Waals surface area contributed by atoms with E-state index in [4.69, 9.17) is 11.8 Å². The number of nitrogens with zero attached hydrogens (tertiary/aromatic N) is 2. The average molecular weight is 84.0 g/mol. The molecule has 0 saturated carbocycles. The third kappa shape index (κ3) is 3.41. The summed E-state index contributed by atoms with van der Waals surface area (Å²) < 4.78 is 2.77. The van der Waals surface area contributed by atoms with Crippen molar-refractivity contribution in [2.45, 2.75) is 0 Å². The maximum atomic E-state index is 7.61. The van der Waals surface area contributed by atoms with Crippen molar-refractivity contribution in [3.05, 3.63) is 11.2 Å². The fourth-order valence-electron chi connectivity index (χ4n) is 0.0250. The van der Waals surface area contributed by atoms with Gasteiger partial charge in [0.05, 0.1) is 0 Å². The van der Waals surface area contributed by atoms with Gasteiger partial charge in [-0.25, -0.2) is 6.57 Å². The van der Waals surface area contributed by atoms with Crippen LogP contribution in [-0.2, 0) is 0 Å². The summed E-state index contributed by atoms with van der Waals surface area (Å²) in [6, 6.07) is 0. The van der Waals surface area contributed by atoms with Gasteiger partial charge in [0.15, 0.2) is 5.81 Å². The summed E-state index contributed by atoms with van der Waals surface area (Å²) in [7, 11) is -0.205. The Morgan fingerprint density at radius 1 is 2.00 bits per heavy atom. The lowest BCUT2D eigenvalue weighted by atomic mass is 11.8. The highest BCUT2D eigenvalue weighted by molar-refractivity contribution is 7.45. The summed E-state index contributed by atoms with van der Waals surface area (Å²) in [4.78, 5) is 0. The van der Waals surface area contributed by atoms with Gasteiger partial charge in [-0.2, -0.15) is 5.26 Å². The first-order chi connectivity index (χ1) is 2.41. The lowest BCUT2D eigenvalue weighted by molar-refractivity contribution is 1.57. The molecular formula is C2HN2P. The van der Waals surface area contributed by atoms with Crippen molar-refractivity contribution in [3.8, 4) is 5.81 Å². The highest BCUT2D eigenvalue weighted by Crippen LogP contribution is 2.03. The van der Waals surface area contributed by atoms with E-state index in [-0.39, 0.29) is 8.73 Å². The van der Waals surface area contributed by atoms with Gasteiger partial charge >= 0.3 is 8.73 Å². The molecule has 0 aromatic heterocycles. The highest BCUT2D eigenvalue weighted by Gasteiger charge is 1.68. The summed E-state index contributed by atoms with van der Waals surface area (Å²) >= 11 is 0. The van der Waals surface area contributed by atoms with Gasteiger partial charge in [-0.1, -0.05) is 0 Å². The van der Waals surface area contributed by atoms with Crippen LogP contribution in [0.4, 0.5) is 0 Å². The Balaban J connectivity index is 2.86. The first-order valence-corrected chi connectivity index (χ1v) is 1.87. The molecule has 0 rings (SSSR count). The monoisotopic (exact) mass is 84.0 g/mol. The van der Waals surface area contributed by atoms with Crippen LogP contribution in [0, 0.1) is 17.6 Å². The number of hydrogen-bond acceptors (Lipinski definition) is 1. The fraction of sp³-hybridized carbons (Fsp3) is 0. The van der Waals surface area contributed by atoms with Crippen LogP contribution in [0.25, 0.3) is 4.62 Å². The molecule has 0 aromatic rings. The lowest BCUT2D eigenvalue weighted by Crippen LogP contribution is -1.15. The Bertz CT molecular complexity index is 72.8. The molecule has 0 spiro atoms. The number of hydrogen-bond donors (Lipinski definition) is 0. The van der Waals surface area contributed by atoms with Crippen LogP contribution < -0.4 is 0 Å². The van der Waals surface area contributed by atoms with Gasteiger partial charge in [-0.3, -0.25) is 4.62 Å². The van der Waals surface area contributed by atoms with Gasteiger partial charge < -0.3 is 0 Å². The summed E-state index contributed by atoms with van der Waals surface area (Å²) in [6.45, 7) is 6.02. The van der Waals surface area contributed by atoms with Gasteiger partial charge in [0, 0.05) is 0 Å². The molecule has 0 aliphatic heterocycles. The summed E-state index contributed by atoms with van der Waals surface area (Å²) in [5.41, 5.74) is 0. The van der Waals surface area contributed by atoms with E-state index in [1.54, 1.807) is 5.81 Å². The second-order valence-electron chi connectivity index (χ2n) is 0.335. The Morgan fingerprint density at radius 3 is 2.60 bits per heavy atom. The van der Waals surface area contributed by atoms with E-state index in [1.807, 2.05) is 0 Å². The molecule has 0 aliphatic rings. The third-order valence-electron chi connectivity index (χ3n) is 0.106. The Labute approximate surface area is 32.1 Å². The molecule has 0 saturated heterocycles. The lowest BCUT2D eigenvalue weighted by Gasteiger charge is -1.46. The topological polar surface area (TPSA) is 28.1 Å². The zero-order valence-electron chi connectivity index (χ0n) is 2.39. The quantitative estimate of drug-likeness (QED) is 0.317. The van der Waals surface area contributed by atoms with Crippen molar-refractivity contribution in [1.82, 2.24) is 0 Å². The zero-order valence-corrected chi connectivity index (χ0v) is 3.39. The SMILES string of the molecule is [C-]#[N+]PC#N. The summed E-state index contributed by atoms with van der Waals surface area (Å²) in [6.07, 6.45) is 0. The van der Waals surface area contributed by atoms with E-state index in [9.17, 15) is 0 Å². The van der Waals surface area contributed by atoms with E-state index in [1.165, 1.54) is 0 Å². The van der Waals surface area contributed by atoms with E-state index >= 15 is 0 Å². The van der Waals surface area contributed by atoms with Crippen molar-refractivity contribution >= 4 is 8.73 Å². The zero-order chi connectivity index (χ0) is 4.12. The average Bonchev–Trinajstić information content (AvgIpc) is 1.41. The van der Waals surface area contributed by atoms with Crippen LogP contribution >= 0.6 is 8.73 Å². The molecule has 1 atom stereocenters. The first kappa shape index (κ1) is 4.41. The molecule has 0 aliphatic carbocycles. The van der Waals surface area contributed by atoms with Crippen LogP contribution in [0.2, 0.25) is 0 Å². The largest absolute Gasteiger partial charge is 0.364 e. The van der Waals surface area contributed by atoms with Gasteiger partial charge in [0.25, 0.3) is 0 Å². The molecular weight excluding hydrogens is 83.0 g/mol. The van der Waals surface area contributed by atoms with E-state index in [0.717, 1.165) is 0 Å². The molecule has 0 N–H and O–H groups in total. The van der Waals surface area contributed by atoms with Gasteiger partial charge in [-0.15, -0.1) is 0 Å². The van der Waals surface area contributed by atoms with Crippen LogP contribution in [0.1, 0.15) is 0 Å². The van der Waals surface area contributed by atoms with E-state index in [2.05, 4.69) is 4.62 Å². The molecule has 0 heterocycles. The minimum absolute atomic E-state index is 0.205. The van der Waals surface area contributed by atoms with Crippen molar-refractivity contribution in [2.75, 3.05) is 0 Å². The van der Waals surface area contributed by atoms with Crippen molar-refractivity contribution in [3.63, 3.8) is 0 Å². The fourth-order valence-corrected chi connectivity index (χ4v) is 0.0750. The van der Waals surface area contributed by atoms with Crippen molar-refractivity contribution in [1.29, 1.82) is 5.26 Å². The Hall–Kier alpha value is -0.590. The van der Waals surface area contributed by atoms with E-state index < -0.39 is 0 Å². The molecule has 0 aromatic carbocycles. The molecule has 0 amide bonds. The molecule has 24 valence electrons. The predicted octanol–water partition coefficient (Wildman–Crippen LogP) is 0.980. The molecule has 0 radical (unpaired) electrons. The number of rotatable bonds is 0. The molecule has 1 unspecified atom stereocenters. The van der Waals surface area contributed by atoms with Gasteiger partial charge in [-0.05, 0) is 0 Å². The van der Waals surface area contributed by atoms with Crippen molar-refractivity contribution < 1.29 is 0 Å². The van der Waals surface area contributed by atoms with Gasteiger partial charge in [0.1, 0.15) is 0 Å². The predicted molar refractivity (Wildman–Crippen MR) is 20.5 cm³/mol. The maximum Gasteiger partial charge on any atom is 0.364 e. The second-order valence-corrected chi connectivity index (χ2v) is 1.01.